The number of thiophene rings is 1. The molecule has 1 heterocycles. The lowest BCUT2D eigenvalue weighted by atomic mass is 10.1. The van der Waals surface area contributed by atoms with Gasteiger partial charge in [-0.2, -0.15) is 0 Å². The fourth-order valence-corrected chi connectivity index (χ4v) is 2.71. The highest BCUT2D eigenvalue weighted by atomic mass is 32.1. The van der Waals surface area contributed by atoms with Crippen LogP contribution < -0.4 is 5.32 Å². The van der Waals surface area contributed by atoms with Gasteiger partial charge < -0.3 is 10.4 Å². The summed E-state index contributed by atoms with van der Waals surface area (Å²) in [7, 11) is 0. The van der Waals surface area contributed by atoms with Gasteiger partial charge in [-0.3, -0.25) is 9.59 Å². The second-order valence-electron chi connectivity index (χ2n) is 4.62. The lowest BCUT2D eigenvalue weighted by Crippen LogP contribution is -2.30. The van der Waals surface area contributed by atoms with E-state index >= 15 is 0 Å². The summed E-state index contributed by atoms with van der Waals surface area (Å²) in [6.45, 7) is 1.73. The summed E-state index contributed by atoms with van der Waals surface area (Å²) in [4.78, 5) is 23.8. The van der Waals surface area contributed by atoms with Crippen molar-refractivity contribution in [1.29, 1.82) is 0 Å². The van der Waals surface area contributed by atoms with Crippen LogP contribution in [0.5, 0.6) is 0 Å². The van der Waals surface area contributed by atoms with E-state index in [1.54, 1.807) is 30.5 Å². The Morgan fingerprint density at radius 2 is 2.14 bits per heavy atom. The van der Waals surface area contributed by atoms with Crippen molar-refractivity contribution in [1.82, 2.24) is 5.32 Å². The summed E-state index contributed by atoms with van der Waals surface area (Å²) in [6, 6.07) is 7.14. The zero-order valence-corrected chi connectivity index (χ0v) is 12.1. The van der Waals surface area contributed by atoms with Gasteiger partial charge in [0, 0.05) is 4.88 Å². The molecule has 0 saturated carbocycles. The minimum absolute atomic E-state index is 0.0902. The van der Waals surface area contributed by atoms with Crippen molar-refractivity contribution < 1.29 is 19.1 Å². The summed E-state index contributed by atoms with van der Waals surface area (Å²) in [5, 5.41) is 13.3. The Balaban J connectivity index is 2.20. The first-order valence-electron chi connectivity index (χ1n) is 6.29. The van der Waals surface area contributed by atoms with Crippen LogP contribution in [-0.4, -0.2) is 17.0 Å². The minimum Gasteiger partial charge on any atom is -0.481 e. The van der Waals surface area contributed by atoms with E-state index < -0.39 is 23.7 Å². The van der Waals surface area contributed by atoms with Crippen molar-refractivity contribution in [2.24, 2.45) is 0 Å². The predicted molar refractivity (Wildman–Crippen MR) is 77.9 cm³/mol. The zero-order valence-electron chi connectivity index (χ0n) is 11.3. The Morgan fingerprint density at radius 1 is 1.38 bits per heavy atom. The number of rotatable bonds is 5. The molecule has 2 rings (SSSR count). The van der Waals surface area contributed by atoms with Crippen molar-refractivity contribution in [3.05, 3.63) is 57.5 Å². The summed E-state index contributed by atoms with van der Waals surface area (Å²) < 4.78 is 13.8. The summed E-state index contributed by atoms with van der Waals surface area (Å²) in [5.74, 6) is -2.27. The van der Waals surface area contributed by atoms with Crippen LogP contribution in [0.25, 0.3) is 0 Å². The quantitative estimate of drug-likeness (QED) is 0.892. The molecule has 0 aliphatic rings. The van der Waals surface area contributed by atoms with Gasteiger partial charge in [0.1, 0.15) is 5.82 Å². The van der Waals surface area contributed by atoms with Gasteiger partial charge in [0.2, 0.25) is 0 Å². The molecular formula is C15H14FNO3S. The van der Waals surface area contributed by atoms with Gasteiger partial charge in [0.15, 0.2) is 0 Å². The summed E-state index contributed by atoms with van der Waals surface area (Å²) >= 11 is 1.35. The number of aryl methyl sites for hydroxylation is 1. The van der Waals surface area contributed by atoms with E-state index in [4.69, 9.17) is 5.11 Å². The molecule has 1 amide bonds. The standard InChI is InChI=1S/C15H14FNO3S/c1-9-4-5-10(11(16)7-9)15(20)17-12(8-14(18)19)13-3-2-6-21-13/h2-7,12H,8H2,1H3,(H,17,20)(H,18,19). The average Bonchev–Trinajstić information content (AvgIpc) is 2.90. The van der Waals surface area contributed by atoms with E-state index in [0.29, 0.717) is 5.56 Å². The molecule has 2 N–H and O–H groups in total. The van der Waals surface area contributed by atoms with Gasteiger partial charge in [-0.15, -0.1) is 11.3 Å². The van der Waals surface area contributed by atoms with Crippen LogP contribution in [-0.2, 0) is 4.79 Å². The molecule has 1 unspecified atom stereocenters. The van der Waals surface area contributed by atoms with Crippen LogP contribution in [0.4, 0.5) is 4.39 Å². The Bertz CT molecular complexity index is 655. The Morgan fingerprint density at radius 3 is 2.71 bits per heavy atom. The number of carbonyl (C=O) groups excluding carboxylic acids is 1. The molecule has 1 atom stereocenters. The van der Waals surface area contributed by atoms with Crippen LogP contribution in [0.3, 0.4) is 0 Å². The van der Waals surface area contributed by atoms with E-state index in [0.717, 1.165) is 4.88 Å². The highest BCUT2D eigenvalue weighted by molar-refractivity contribution is 7.10. The van der Waals surface area contributed by atoms with Crippen molar-refractivity contribution in [2.45, 2.75) is 19.4 Å². The molecule has 4 nitrogen and oxygen atoms in total. The number of carbonyl (C=O) groups is 2. The van der Waals surface area contributed by atoms with Crippen molar-refractivity contribution in [3.63, 3.8) is 0 Å². The Labute approximate surface area is 125 Å². The summed E-state index contributed by atoms with van der Waals surface area (Å²) in [5.41, 5.74) is 0.622. The number of nitrogens with one attached hydrogen (secondary N) is 1. The number of hydrogen-bond donors (Lipinski definition) is 2. The van der Waals surface area contributed by atoms with Gasteiger partial charge in [-0.1, -0.05) is 12.1 Å². The van der Waals surface area contributed by atoms with Crippen molar-refractivity contribution in [3.8, 4) is 0 Å². The number of aliphatic carboxylic acids is 1. The maximum Gasteiger partial charge on any atom is 0.305 e. The van der Waals surface area contributed by atoms with Crippen molar-refractivity contribution >= 4 is 23.2 Å². The average molecular weight is 307 g/mol. The molecule has 0 fully saturated rings. The number of carboxylic acid groups (broad SMARTS) is 1. The molecule has 0 radical (unpaired) electrons. The van der Waals surface area contributed by atoms with Crippen molar-refractivity contribution in [2.75, 3.05) is 0 Å². The fraction of sp³-hybridized carbons (Fsp3) is 0.200. The lowest BCUT2D eigenvalue weighted by molar-refractivity contribution is -0.137. The monoisotopic (exact) mass is 307 g/mol. The number of halogens is 1. The molecule has 0 bridgehead atoms. The minimum atomic E-state index is -1.03. The van der Waals surface area contributed by atoms with Crippen LogP contribution in [0.1, 0.15) is 33.3 Å². The largest absolute Gasteiger partial charge is 0.481 e. The van der Waals surface area contributed by atoms with E-state index in [-0.39, 0.29) is 12.0 Å². The first-order valence-corrected chi connectivity index (χ1v) is 7.17. The van der Waals surface area contributed by atoms with Crippen LogP contribution in [0, 0.1) is 12.7 Å². The zero-order chi connectivity index (χ0) is 15.4. The van der Waals surface area contributed by atoms with Crippen LogP contribution in [0.15, 0.2) is 35.7 Å². The van der Waals surface area contributed by atoms with Gasteiger partial charge in [0.05, 0.1) is 18.0 Å². The van der Waals surface area contributed by atoms with Gasteiger partial charge >= 0.3 is 5.97 Å². The topological polar surface area (TPSA) is 66.4 Å². The number of carboxylic acids is 1. The Hall–Kier alpha value is -2.21. The highest BCUT2D eigenvalue weighted by Gasteiger charge is 2.21. The molecule has 0 saturated heterocycles. The maximum atomic E-state index is 13.8. The molecule has 110 valence electrons. The first kappa shape index (κ1) is 15.2. The SMILES string of the molecule is Cc1ccc(C(=O)NC(CC(=O)O)c2cccs2)c(F)c1. The van der Waals surface area contributed by atoms with Crippen LogP contribution >= 0.6 is 11.3 Å². The summed E-state index contributed by atoms with van der Waals surface area (Å²) in [6.07, 6.45) is -0.250. The molecular weight excluding hydrogens is 293 g/mol. The number of amides is 1. The predicted octanol–water partition coefficient (Wildman–Crippen LogP) is 3.14. The van der Waals surface area contributed by atoms with Crippen LogP contribution in [0.2, 0.25) is 0 Å². The van der Waals surface area contributed by atoms with Gasteiger partial charge in [-0.25, -0.2) is 4.39 Å². The third kappa shape index (κ3) is 3.88. The molecule has 0 aliphatic carbocycles. The number of benzene rings is 1. The third-order valence-electron chi connectivity index (χ3n) is 2.94. The lowest BCUT2D eigenvalue weighted by Gasteiger charge is -2.16. The second kappa shape index (κ2) is 6.49. The molecule has 0 aliphatic heterocycles. The Kier molecular flexibility index (Phi) is 4.70. The first-order chi connectivity index (χ1) is 9.97. The van der Waals surface area contributed by atoms with E-state index in [2.05, 4.69) is 5.32 Å². The second-order valence-corrected chi connectivity index (χ2v) is 5.60. The molecule has 0 spiro atoms. The highest BCUT2D eigenvalue weighted by Crippen LogP contribution is 2.23. The molecule has 2 aromatic rings. The number of hydrogen-bond acceptors (Lipinski definition) is 3. The van der Waals surface area contributed by atoms with E-state index in [1.165, 1.54) is 23.5 Å². The van der Waals surface area contributed by atoms with Gasteiger partial charge in [-0.05, 0) is 36.1 Å². The molecule has 21 heavy (non-hydrogen) atoms. The van der Waals surface area contributed by atoms with E-state index in [1.807, 2.05) is 0 Å². The van der Waals surface area contributed by atoms with E-state index in [9.17, 15) is 14.0 Å². The maximum absolute atomic E-state index is 13.8. The fourth-order valence-electron chi connectivity index (χ4n) is 1.93. The molecule has 1 aromatic carbocycles. The molecule has 1 aromatic heterocycles. The third-order valence-corrected chi connectivity index (χ3v) is 3.93. The normalized spacial score (nSPS) is 11.9. The van der Waals surface area contributed by atoms with Gasteiger partial charge in [0.25, 0.3) is 5.91 Å². The molecule has 6 heteroatoms. The smallest absolute Gasteiger partial charge is 0.305 e.